The summed E-state index contributed by atoms with van der Waals surface area (Å²) in [5.74, 6) is 2.17. The molecule has 0 unspecified atom stereocenters. The van der Waals surface area contributed by atoms with Crippen LogP contribution in [0.1, 0.15) is 20.8 Å². The smallest absolute Gasteiger partial charge is 0.435 e. The highest BCUT2D eigenvalue weighted by atomic mass is 32.2. The van der Waals surface area contributed by atoms with Crippen molar-refractivity contribution in [1.29, 1.82) is 0 Å². The summed E-state index contributed by atoms with van der Waals surface area (Å²) in [6.45, 7) is 11.5. The number of rotatable bonds is 3. The van der Waals surface area contributed by atoms with E-state index < -0.39 is 16.9 Å². The summed E-state index contributed by atoms with van der Waals surface area (Å²) in [5, 5.41) is 0. The van der Waals surface area contributed by atoms with E-state index in [4.69, 9.17) is 9.47 Å². The molecule has 0 N–H and O–H groups in total. The number of carbonyl (C=O) groups is 1. The average molecular weight is 359 g/mol. The van der Waals surface area contributed by atoms with E-state index in [2.05, 4.69) is 14.8 Å². The Morgan fingerprint density at radius 3 is 2.38 bits per heavy atom. The number of nitrogens with zero attached hydrogens (tertiary/aromatic N) is 3. The van der Waals surface area contributed by atoms with Crippen LogP contribution in [0, 0.1) is 5.41 Å². The van der Waals surface area contributed by atoms with Crippen LogP contribution in [-0.4, -0.2) is 90.0 Å². The summed E-state index contributed by atoms with van der Waals surface area (Å²) in [6.07, 6.45) is -0.535. The number of amidine groups is 1. The third-order valence-corrected chi connectivity index (χ3v) is 5.36. The SMILES string of the molecule is CC(C)(C)C(=NC(=O)OCCN1CCS(=O)CC1)N1CCOCC1. The summed E-state index contributed by atoms with van der Waals surface area (Å²) < 4.78 is 22.0. The fourth-order valence-corrected chi connectivity index (χ4v) is 3.90. The Hall–Kier alpha value is -0.990. The Morgan fingerprint density at radius 2 is 1.79 bits per heavy atom. The lowest BCUT2D eigenvalue weighted by atomic mass is 9.93. The highest BCUT2D eigenvalue weighted by molar-refractivity contribution is 7.85. The largest absolute Gasteiger partial charge is 0.447 e. The van der Waals surface area contributed by atoms with Crippen molar-refractivity contribution in [2.75, 3.05) is 64.1 Å². The molecular formula is C16H29N3O4S. The summed E-state index contributed by atoms with van der Waals surface area (Å²) in [7, 11) is -0.683. The minimum atomic E-state index is -0.683. The van der Waals surface area contributed by atoms with E-state index in [0.29, 0.717) is 37.9 Å². The predicted octanol–water partition coefficient (Wildman–Crippen LogP) is 0.964. The Kier molecular flexibility index (Phi) is 7.18. The molecule has 0 aromatic heterocycles. The van der Waals surface area contributed by atoms with Crippen molar-refractivity contribution >= 4 is 22.7 Å². The molecule has 0 atom stereocenters. The first kappa shape index (κ1) is 19.3. The van der Waals surface area contributed by atoms with Crippen LogP contribution >= 0.6 is 0 Å². The van der Waals surface area contributed by atoms with Crippen LogP contribution in [0.2, 0.25) is 0 Å². The van der Waals surface area contributed by atoms with Crippen molar-refractivity contribution in [2.45, 2.75) is 20.8 Å². The Labute approximate surface area is 146 Å². The first-order valence-corrected chi connectivity index (χ1v) is 10.0. The van der Waals surface area contributed by atoms with E-state index in [9.17, 15) is 9.00 Å². The summed E-state index contributed by atoms with van der Waals surface area (Å²) in [4.78, 5) is 20.6. The summed E-state index contributed by atoms with van der Waals surface area (Å²) in [6, 6.07) is 0. The number of hydrogen-bond donors (Lipinski definition) is 0. The van der Waals surface area contributed by atoms with E-state index in [1.807, 2.05) is 20.8 Å². The summed E-state index contributed by atoms with van der Waals surface area (Å²) >= 11 is 0. The first-order chi connectivity index (χ1) is 11.4. The van der Waals surface area contributed by atoms with Gasteiger partial charge in [0.2, 0.25) is 0 Å². The molecule has 0 aliphatic carbocycles. The maximum atomic E-state index is 12.1. The fourth-order valence-electron chi connectivity index (χ4n) is 2.77. The summed E-state index contributed by atoms with van der Waals surface area (Å²) in [5.41, 5.74) is -0.229. The molecule has 0 aromatic carbocycles. The number of ether oxygens (including phenoxy) is 2. The van der Waals surface area contributed by atoms with Crippen LogP contribution in [0.5, 0.6) is 0 Å². The maximum Gasteiger partial charge on any atom is 0.435 e. The van der Waals surface area contributed by atoms with Gasteiger partial charge in [0.05, 0.1) is 13.2 Å². The van der Waals surface area contributed by atoms with Crippen molar-refractivity contribution in [2.24, 2.45) is 10.4 Å². The number of amides is 1. The lowest BCUT2D eigenvalue weighted by Crippen LogP contribution is -2.46. The van der Waals surface area contributed by atoms with Crippen LogP contribution in [0.25, 0.3) is 0 Å². The molecule has 2 saturated heterocycles. The molecule has 0 aromatic rings. The minimum absolute atomic E-state index is 0.229. The van der Waals surface area contributed by atoms with Crippen LogP contribution in [-0.2, 0) is 20.3 Å². The molecule has 2 aliphatic rings. The second-order valence-corrected chi connectivity index (χ2v) is 8.79. The standard InChI is InChI=1S/C16H29N3O4S/c1-16(2,3)14(19-5-9-22-10-6-19)17-15(20)23-11-4-18-7-12-24(21)13-8-18/h4-13H2,1-3H3. The highest BCUT2D eigenvalue weighted by Crippen LogP contribution is 2.20. The molecule has 138 valence electrons. The monoisotopic (exact) mass is 359 g/mol. The number of carbonyl (C=O) groups excluding carboxylic acids is 1. The van der Waals surface area contributed by atoms with Crippen molar-refractivity contribution in [1.82, 2.24) is 9.80 Å². The van der Waals surface area contributed by atoms with Crippen molar-refractivity contribution in [3.05, 3.63) is 0 Å². The molecule has 0 bridgehead atoms. The third-order valence-electron chi connectivity index (χ3n) is 4.08. The number of hydrogen-bond acceptors (Lipinski definition) is 5. The van der Waals surface area contributed by atoms with Gasteiger partial charge in [0.25, 0.3) is 0 Å². The van der Waals surface area contributed by atoms with Gasteiger partial charge in [0, 0.05) is 60.4 Å². The average Bonchev–Trinajstić information content (AvgIpc) is 2.54. The van der Waals surface area contributed by atoms with Gasteiger partial charge >= 0.3 is 6.09 Å². The van der Waals surface area contributed by atoms with Crippen molar-refractivity contribution < 1.29 is 18.5 Å². The van der Waals surface area contributed by atoms with E-state index in [0.717, 1.165) is 32.0 Å². The fraction of sp³-hybridized carbons (Fsp3) is 0.875. The molecule has 0 spiro atoms. The minimum Gasteiger partial charge on any atom is -0.447 e. The Bertz CT molecular complexity index is 474. The Morgan fingerprint density at radius 1 is 1.17 bits per heavy atom. The van der Waals surface area contributed by atoms with Gasteiger partial charge in [-0.2, -0.15) is 4.99 Å². The maximum absolute atomic E-state index is 12.1. The molecule has 7 nitrogen and oxygen atoms in total. The molecule has 2 heterocycles. The number of aliphatic imine (C=N–C) groups is 1. The van der Waals surface area contributed by atoms with E-state index >= 15 is 0 Å². The van der Waals surface area contributed by atoms with Gasteiger partial charge in [-0.1, -0.05) is 20.8 Å². The normalized spacial score (nSPS) is 21.8. The highest BCUT2D eigenvalue weighted by Gasteiger charge is 2.27. The third kappa shape index (κ3) is 6.14. The van der Waals surface area contributed by atoms with Gasteiger partial charge in [0.1, 0.15) is 12.4 Å². The van der Waals surface area contributed by atoms with Gasteiger partial charge in [-0.25, -0.2) is 4.79 Å². The molecule has 24 heavy (non-hydrogen) atoms. The van der Waals surface area contributed by atoms with Gasteiger partial charge in [-0.15, -0.1) is 0 Å². The zero-order valence-corrected chi connectivity index (χ0v) is 15.8. The Balaban J connectivity index is 1.84. The molecule has 0 radical (unpaired) electrons. The quantitative estimate of drug-likeness (QED) is 0.552. The van der Waals surface area contributed by atoms with E-state index in [1.54, 1.807) is 0 Å². The molecule has 1 amide bonds. The van der Waals surface area contributed by atoms with Gasteiger partial charge in [-0.3, -0.25) is 9.11 Å². The van der Waals surface area contributed by atoms with Crippen LogP contribution in [0.3, 0.4) is 0 Å². The second kappa shape index (κ2) is 8.92. The molecule has 0 saturated carbocycles. The number of morpholine rings is 1. The second-order valence-electron chi connectivity index (χ2n) is 7.09. The van der Waals surface area contributed by atoms with Crippen LogP contribution in [0.4, 0.5) is 4.79 Å². The molecule has 2 aliphatic heterocycles. The van der Waals surface area contributed by atoms with Gasteiger partial charge in [0.15, 0.2) is 0 Å². The molecule has 2 rings (SSSR count). The zero-order valence-electron chi connectivity index (χ0n) is 15.0. The van der Waals surface area contributed by atoms with Crippen molar-refractivity contribution in [3.8, 4) is 0 Å². The van der Waals surface area contributed by atoms with Crippen LogP contribution < -0.4 is 0 Å². The van der Waals surface area contributed by atoms with Crippen molar-refractivity contribution in [3.63, 3.8) is 0 Å². The molecule has 2 fully saturated rings. The van der Waals surface area contributed by atoms with E-state index in [-0.39, 0.29) is 5.41 Å². The lowest BCUT2D eigenvalue weighted by molar-refractivity contribution is 0.0641. The first-order valence-electron chi connectivity index (χ1n) is 8.52. The van der Waals surface area contributed by atoms with Crippen LogP contribution in [0.15, 0.2) is 4.99 Å². The van der Waals surface area contributed by atoms with Gasteiger partial charge in [-0.05, 0) is 0 Å². The van der Waals surface area contributed by atoms with E-state index in [1.165, 1.54) is 0 Å². The lowest BCUT2D eigenvalue weighted by Gasteiger charge is -2.35. The zero-order chi connectivity index (χ0) is 17.6. The topological polar surface area (TPSA) is 71.4 Å². The van der Waals surface area contributed by atoms with Gasteiger partial charge < -0.3 is 14.4 Å². The molecule has 8 heteroatoms. The molecular weight excluding hydrogens is 330 g/mol. The predicted molar refractivity (Wildman–Crippen MR) is 94.9 cm³/mol.